The van der Waals surface area contributed by atoms with Crippen LogP contribution in [0.3, 0.4) is 0 Å². The van der Waals surface area contributed by atoms with Crippen molar-refractivity contribution in [3.63, 3.8) is 0 Å². The lowest BCUT2D eigenvalue weighted by atomic mass is 9.93. The molecule has 0 saturated heterocycles. The van der Waals surface area contributed by atoms with E-state index in [1.807, 2.05) is 24.3 Å². The van der Waals surface area contributed by atoms with E-state index in [0.717, 1.165) is 11.6 Å². The van der Waals surface area contributed by atoms with Crippen molar-refractivity contribution in [3.05, 3.63) is 76.9 Å². The van der Waals surface area contributed by atoms with Crippen molar-refractivity contribution in [2.75, 3.05) is 0 Å². The Bertz CT molecular complexity index is 783. The molecule has 0 fully saturated rings. The molecule has 2 aromatic carbocycles. The molecular formula is C20H21F2NO2. The van der Waals surface area contributed by atoms with Gasteiger partial charge in [-0.05, 0) is 41.2 Å². The second-order valence-corrected chi connectivity index (χ2v) is 6.20. The van der Waals surface area contributed by atoms with Crippen molar-refractivity contribution in [2.45, 2.75) is 32.2 Å². The van der Waals surface area contributed by atoms with E-state index < -0.39 is 23.6 Å². The number of carboxylic acids is 1. The molecule has 0 heterocycles. The Hall–Kier alpha value is -2.53. The predicted octanol–water partition coefficient (Wildman–Crippen LogP) is 4.32. The van der Waals surface area contributed by atoms with Gasteiger partial charge in [-0.2, -0.15) is 0 Å². The molecule has 132 valence electrons. The van der Waals surface area contributed by atoms with Crippen LogP contribution in [0.5, 0.6) is 0 Å². The lowest BCUT2D eigenvalue weighted by molar-refractivity contribution is -0.138. The number of hydrogen-bond donors (Lipinski definition) is 2. The van der Waals surface area contributed by atoms with Crippen LogP contribution in [0, 0.1) is 11.6 Å². The van der Waals surface area contributed by atoms with Gasteiger partial charge in [-0.15, -0.1) is 0 Å². The topological polar surface area (TPSA) is 63.3 Å². The zero-order chi connectivity index (χ0) is 18.6. The van der Waals surface area contributed by atoms with Crippen molar-refractivity contribution >= 4 is 11.5 Å². The smallest absolute Gasteiger partial charge is 0.320 e. The number of carbonyl (C=O) groups is 1. The second-order valence-electron chi connectivity index (χ2n) is 6.20. The van der Waals surface area contributed by atoms with Gasteiger partial charge in [0.1, 0.15) is 17.7 Å². The summed E-state index contributed by atoms with van der Waals surface area (Å²) in [6.45, 7) is 4.13. The highest BCUT2D eigenvalue weighted by Crippen LogP contribution is 2.28. The van der Waals surface area contributed by atoms with E-state index in [1.54, 1.807) is 6.08 Å². The van der Waals surface area contributed by atoms with Crippen LogP contribution in [0.1, 0.15) is 42.9 Å². The van der Waals surface area contributed by atoms with Crippen LogP contribution in [-0.4, -0.2) is 17.1 Å². The maximum Gasteiger partial charge on any atom is 0.320 e. The number of aliphatic carboxylic acids is 1. The summed E-state index contributed by atoms with van der Waals surface area (Å²) in [7, 11) is 0. The predicted molar refractivity (Wildman–Crippen MR) is 94.2 cm³/mol. The highest BCUT2D eigenvalue weighted by molar-refractivity contribution is 5.81. The molecule has 0 aliphatic carbocycles. The molecule has 2 aromatic rings. The van der Waals surface area contributed by atoms with Crippen molar-refractivity contribution in [1.29, 1.82) is 0 Å². The molecule has 0 amide bonds. The van der Waals surface area contributed by atoms with Crippen LogP contribution in [0.15, 0.2) is 48.5 Å². The number of halogens is 2. The molecule has 0 aliphatic rings. The maximum atomic E-state index is 14.2. The Morgan fingerprint density at radius 1 is 1.16 bits per heavy atom. The minimum Gasteiger partial charge on any atom is -0.480 e. The number of nitrogens with two attached hydrogens (primary N) is 1. The molecule has 0 aromatic heterocycles. The third-order valence-corrected chi connectivity index (χ3v) is 4.00. The molecular weight excluding hydrogens is 324 g/mol. The highest BCUT2D eigenvalue weighted by Gasteiger charge is 2.15. The summed E-state index contributed by atoms with van der Waals surface area (Å²) in [6, 6.07) is 9.80. The maximum absolute atomic E-state index is 14.2. The van der Waals surface area contributed by atoms with Gasteiger partial charge in [-0.1, -0.05) is 44.2 Å². The average Bonchev–Trinajstić information content (AvgIpc) is 2.56. The number of rotatable bonds is 6. The van der Waals surface area contributed by atoms with E-state index in [0.29, 0.717) is 17.1 Å². The molecule has 0 aliphatic heterocycles. The normalized spacial score (nSPS) is 13.1. The molecule has 0 bridgehead atoms. The first-order valence-electron chi connectivity index (χ1n) is 8.04. The molecule has 0 saturated carbocycles. The monoisotopic (exact) mass is 345 g/mol. The fourth-order valence-corrected chi connectivity index (χ4v) is 2.48. The molecule has 2 rings (SSSR count). The van der Waals surface area contributed by atoms with Crippen LogP contribution < -0.4 is 5.73 Å². The average molecular weight is 345 g/mol. The number of carboxylic acid groups (broad SMARTS) is 1. The quantitative estimate of drug-likeness (QED) is 0.819. The first-order valence-corrected chi connectivity index (χ1v) is 8.04. The largest absolute Gasteiger partial charge is 0.480 e. The highest BCUT2D eigenvalue weighted by atomic mass is 19.1. The fraction of sp³-hybridized carbons (Fsp3) is 0.250. The van der Waals surface area contributed by atoms with Gasteiger partial charge in [0.15, 0.2) is 0 Å². The Kier molecular flexibility index (Phi) is 6.04. The van der Waals surface area contributed by atoms with Gasteiger partial charge in [-0.25, -0.2) is 8.78 Å². The van der Waals surface area contributed by atoms with Crippen molar-refractivity contribution in [1.82, 2.24) is 0 Å². The fourth-order valence-electron chi connectivity index (χ4n) is 2.48. The van der Waals surface area contributed by atoms with E-state index >= 15 is 0 Å². The van der Waals surface area contributed by atoms with Crippen molar-refractivity contribution < 1.29 is 18.7 Å². The number of benzene rings is 2. The van der Waals surface area contributed by atoms with Crippen molar-refractivity contribution in [2.24, 2.45) is 5.73 Å². The Balaban J connectivity index is 2.48. The lowest BCUT2D eigenvalue weighted by Gasteiger charge is -2.13. The van der Waals surface area contributed by atoms with Crippen LogP contribution >= 0.6 is 0 Å². The summed E-state index contributed by atoms with van der Waals surface area (Å²) in [6.07, 6.45) is 1.62. The summed E-state index contributed by atoms with van der Waals surface area (Å²) in [5, 5.41) is 8.95. The lowest BCUT2D eigenvalue weighted by Crippen LogP contribution is -2.29. The summed E-state index contributed by atoms with van der Waals surface area (Å²) in [5.74, 6) is -2.16. The summed E-state index contributed by atoms with van der Waals surface area (Å²) >= 11 is 0. The minimum absolute atomic E-state index is 0.0351. The second kappa shape index (κ2) is 8.03. The van der Waals surface area contributed by atoms with Crippen LogP contribution in [0.4, 0.5) is 8.78 Å². The molecule has 0 radical (unpaired) electrons. The van der Waals surface area contributed by atoms with Crippen LogP contribution in [0.25, 0.3) is 5.57 Å². The van der Waals surface area contributed by atoms with Gasteiger partial charge >= 0.3 is 5.97 Å². The standard InChI is InChI=1S/C20H21F2NO2/c1-12(2)13-3-5-14(6-4-13)16(9-10-19(23)20(24)25)17-8-7-15(21)11-18(17)22/h3-9,11-12,19H,10,23H2,1-2H3,(H,24,25)/b16-9+/t19-/m0/s1. The van der Waals surface area contributed by atoms with Gasteiger partial charge in [0.2, 0.25) is 0 Å². The first-order chi connectivity index (χ1) is 11.8. The Morgan fingerprint density at radius 3 is 2.32 bits per heavy atom. The molecule has 0 spiro atoms. The van der Waals surface area contributed by atoms with E-state index in [-0.39, 0.29) is 12.0 Å². The third kappa shape index (κ3) is 4.73. The Labute approximate surface area is 145 Å². The zero-order valence-electron chi connectivity index (χ0n) is 14.2. The van der Waals surface area contributed by atoms with E-state index in [1.165, 1.54) is 12.1 Å². The summed E-state index contributed by atoms with van der Waals surface area (Å²) in [4.78, 5) is 10.9. The molecule has 3 N–H and O–H groups in total. The van der Waals surface area contributed by atoms with Crippen LogP contribution in [-0.2, 0) is 4.79 Å². The van der Waals surface area contributed by atoms with E-state index in [9.17, 15) is 13.6 Å². The van der Waals surface area contributed by atoms with E-state index in [2.05, 4.69) is 13.8 Å². The van der Waals surface area contributed by atoms with Gasteiger partial charge in [0, 0.05) is 11.6 Å². The van der Waals surface area contributed by atoms with Gasteiger partial charge in [-0.3, -0.25) is 4.79 Å². The van der Waals surface area contributed by atoms with E-state index in [4.69, 9.17) is 10.8 Å². The molecule has 0 unspecified atom stereocenters. The van der Waals surface area contributed by atoms with Crippen LogP contribution in [0.2, 0.25) is 0 Å². The summed E-state index contributed by atoms with van der Waals surface area (Å²) in [5.41, 5.74) is 8.09. The third-order valence-electron chi connectivity index (χ3n) is 4.00. The molecule has 25 heavy (non-hydrogen) atoms. The Morgan fingerprint density at radius 2 is 1.80 bits per heavy atom. The zero-order valence-corrected chi connectivity index (χ0v) is 14.2. The molecule has 1 atom stereocenters. The molecule has 3 nitrogen and oxygen atoms in total. The molecule has 5 heteroatoms. The van der Waals surface area contributed by atoms with Crippen molar-refractivity contribution in [3.8, 4) is 0 Å². The SMILES string of the molecule is CC(C)c1ccc(/C(=C\C[C@H](N)C(=O)O)c2ccc(F)cc2F)cc1. The first kappa shape index (κ1) is 18.8. The van der Waals surface area contributed by atoms with Gasteiger partial charge in [0.05, 0.1) is 0 Å². The minimum atomic E-state index is -1.13. The van der Waals surface area contributed by atoms with Gasteiger partial charge < -0.3 is 10.8 Å². The number of hydrogen-bond acceptors (Lipinski definition) is 2. The van der Waals surface area contributed by atoms with Gasteiger partial charge in [0.25, 0.3) is 0 Å². The summed E-state index contributed by atoms with van der Waals surface area (Å²) < 4.78 is 27.5.